The normalized spacial score (nSPS) is 8.44. The molecule has 0 aliphatic carbocycles. The average molecular weight is 281 g/mol. The number of hydrogen-bond acceptors (Lipinski definition) is 3. The molecule has 0 unspecified atom stereocenters. The van der Waals surface area contributed by atoms with Gasteiger partial charge in [-0.05, 0) is 19.1 Å². The summed E-state index contributed by atoms with van der Waals surface area (Å²) in [4.78, 5) is 4.44. The summed E-state index contributed by atoms with van der Waals surface area (Å²) in [5.74, 6) is 0. The van der Waals surface area contributed by atoms with Crippen LogP contribution in [0.15, 0.2) is 48.5 Å². The maximum atomic E-state index is 4.44. The summed E-state index contributed by atoms with van der Waals surface area (Å²) >= 11 is 3.58. The third kappa shape index (κ3) is 4.37. The van der Waals surface area contributed by atoms with E-state index < -0.39 is 0 Å². The predicted octanol–water partition coefficient (Wildman–Crippen LogP) is 2.46. The van der Waals surface area contributed by atoms with E-state index in [1.165, 1.54) is 5.56 Å². The summed E-state index contributed by atoms with van der Waals surface area (Å²) in [6.07, 6.45) is 0. The molecule has 2 aromatic rings. The smallest absolute Gasteiger partial charge is 0.709 e. The maximum Gasteiger partial charge on any atom is 1.00 e. The second-order valence-corrected chi connectivity index (χ2v) is 3.03. The molecular weight excluding hydrogens is 268 g/mol. The number of nitrogens with zero attached hydrogens (tertiary/aromatic N) is 1. The Kier molecular flexibility index (Phi) is 7.94. The first-order chi connectivity index (χ1) is 7.36. The van der Waals surface area contributed by atoms with Crippen LogP contribution in [-0.4, -0.2) is 4.98 Å². The number of aryl methyl sites for hydroxylation is 1. The van der Waals surface area contributed by atoms with Crippen molar-refractivity contribution in [3.05, 3.63) is 54.2 Å². The van der Waals surface area contributed by atoms with Crippen LogP contribution < -0.4 is 5.14 Å². The van der Waals surface area contributed by atoms with Crippen molar-refractivity contribution in [2.75, 3.05) is 0 Å². The van der Waals surface area contributed by atoms with E-state index >= 15 is 0 Å². The Bertz CT molecular complexity index is 407. The van der Waals surface area contributed by atoms with Crippen LogP contribution in [0.2, 0.25) is 0 Å². The van der Waals surface area contributed by atoms with E-state index in [2.05, 4.69) is 35.1 Å². The number of nitrogens with two attached hydrogens (primary N) is 1. The molecule has 1 heterocycles. The van der Waals surface area contributed by atoms with Crippen LogP contribution in [0.4, 0.5) is 0 Å². The van der Waals surface area contributed by atoms with Crippen molar-refractivity contribution in [2.24, 2.45) is 5.14 Å². The molecule has 0 aliphatic heterocycles. The number of rotatable bonds is 1. The zero-order chi connectivity index (χ0) is 11.1. The first-order valence-corrected chi connectivity index (χ1v) is 5.06. The fourth-order valence-electron chi connectivity index (χ4n) is 1.31. The quantitative estimate of drug-likeness (QED) is 0.644. The number of benzene rings is 1. The van der Waals surface area contributed by atoms with Crippen molar-refractivity contribution in [1.29, 1.82) is 0 Å². The van der Waals surface area contributed by atoms with Gasteiger partial charge in [0.2, 0.25) is 0 Å². The third-order valence-corrected chi connectivity index (χ3v) is 1.96. The number of hydrogen-bond donors (Lipinski definition) is 1. The molecule has 0 aliphatic rings. The van der Waals surface area contributed by atoms with Crippen molar-refractivity contribution in [3.8, 4) is 11.3 Å². The Morgan fingerprint density at radius 1 is 0.938 bits per heavy atom. The van der Waals surface area contributed by atoms with E-state index in [-0.39, 0.29) is 17.1 Å². The van der Waals surface area contributed by atoms with Crippen LogP contribution in [0.25, 0.3) is 11.3 Å². The molecule has 16 heavy (non-hydrogen) atoms. The molecule has 2 nitrogen and oxygen atoms in total. The van der Waals surface area contributed by atoms with Gasteiger partial charge in [-0.15, -0.1) is 0 Å². The maximum absolute atomic E-state index is 4.44. The molecule has 0 radical (unpaired) electrons. The van der Waals surface area contributed by atoms with Crippen LogP contribution >= 0.6 is 0 Å². The fraction of sp³-hybridized carbons (Fsp3) is 0.0833. The van der Waals surface area contributed by atoms with Gasteiger partial charge in [0.1, 0.15) is 0 Å². The monoisotopic (exact) mass is 280 g/mol. The van der Waals surface area contributed by atoms with Gasteiger partial charge in [-0.3, -0.25) is 4.98 Å². The van der Waals surface area contributed by atoms with E-state index in [4.69, 9.17) is 0 Å². The molecule has 0 spiro atoms. The Balaban J connectivity index is 0.000000711. The van der Waals surface area contributed by atoms with Crippen LogP contribution in [0.1, 0.15) is 5.69 Å². The van der Waals surface area contributed by atoms with E-state index in [0.717, 1.165) is 11.4 Å². The first kappa shape index (κ1) is 15.2. The summed E-state index contributed by atoms with van der Waals surface area (Å²) in [7, 11) is 0. The molecule has 88 valence electrons. The minimum atomic E-state index is 0. The Morgan fingerprint density at radius 2 is 1.56 bits per heavy atom. The minimum absolute atomic E-state index is 0. The zero-order valence-electron chi connectivity index (χ0n) is 8.85. The van der Waals surface area contributed by atoms with Crippen molar-refractivity contribution in [1.82, 2.24) is 4.98 Å². The molecule has 2 rings (SSSR count). The molecule has 0 fully saturated rings. The topological polar surface area (TPSA) is 38.9 Å². The molecule has 4 heteroatoms. The van der Waals surface area contributed by atoms with Gasteiger partial charge in [0.25, 0.3) is 0 Å². The number of pyridine rings is 1. The molecule has 0 amide bonds. The van der Waals surface area contributed by atoms with Gasteiger partial charge in [0.15, 0.2) is 0 Å². The largest absolute Gasteiger partial charge is 1.00 e. The predicted molar refractivity (Wildman–Crippen MR) is 66.0 cm³/mol. The van der Waals surface area contributed by atoms with Crippen LogP contribution in [0.3, 0.4) is 0 Å². The van der Waals surface area contributed by atoms with Gasteiger partial charge in [0.05, 0.1) is 5.69 Å². The second-order valence-electron chi connectivity index (χ2n) is 3.03. The van der Waals surface area contributed by atoms with Crippen molar-refractivity contribution >= 4 is 12.8 Å². The van der Waals surface area contributed by atoms with Crippen LogP contribution in [-0.2, 0) is 29.9 Å². The van der Waals surface area contributed by atoms with Crippen molar-refractivity contribution in [2.45, 2.75) is 6.92 Å². The second kappa shape index (κ2) is 8.36. The Morgan fingerprint density at radius 3 is 2.12 bits per heavy atom. The number of aromatic nitrogens is 1. The standard InChI is InChI=1S/C12H11N.Cu.H2NS/c1-10-6-5-9-12(13-10)11-7-3-2-4-8-11;;1-2/h2-9H,1H3;;1H2/q;+1;-1. The van der Waals surface area contributed by atoms with Gasteiger partial charge in [-0.1, -0.05) is 36.4 Å². The Labute approximate surface area is 112 Å². The van der Waals surface area contributed by atoms with E-state index in [1.807, 2.05) is 43.3 Å². The molecular formula is C12H13CuN2S. The average Bonchev–Trinajstić information content (AvgIpc) is 2.33. The van der Waals surface area contributed by atoms with Gasteiger partial charge < -0.3 is 18.0 Å². The third-order valence-electron chi connectivity index (χ3n) is 1.96. The molecule has 1 aromatic carbocycles. The van der Waals surface area contributed by atoms with Crippen molar-refractivity contribution < 1.29 is 17.1 Å². The summed E-state index contributed by atoms with van der Waals surface area (Å²) in [6, 6.07) is 16.3. The zero-order valence-corrected chi connectivity index (χ0v) is 10.6. The minimum Gasteiger partial charge on any atom is -0.709 e. The van der Waals surface area contributed by atoms with Crippen LogP contribution in [0.5, 0.6) is 0 Å². The fourth-order valence-corrected chi connectivity index (χ4v) is 1.31. The van der Waals surface area contributed by atoms with E-state index in [9.17, 15) is 0 Å². The van der Waals surface area contributed by atoms with Gasteiger partial charge in [0, 0.05) is 11.3 Å². The van der Waals surface area contributed by atoms with Gasteiger partial charge in [-0.25, -0.2) is 0 Å². The molecule has 2 N–H and O–H groups in total. The molecule has 0 saturated heterocycles. The summed E-state index contributed by atoms with van der Waals surface area (Å²) < 4.78 is 0. The van der Waals surface area contributed by atoms with Crippen LogP contribution in [0, 0.1) is 6.92 Å². The molecule has 0 saturated carbocycles. The van der Waals surface area contributed by atoms with E-state index in [0.29, 0.717) is 0 Å². The first-order valence-electron chi connectivity index (χ1n) is 4.59. The SMILES string of the molecule is Cc1cccc(-c2ccccc2)n1.N[S-].[Cu+]. The molecule has 1 aromatic heterocycles. The van der Waals surface area contributed by atoms with Gasteiger partial charge in [-0.2, -0.15) is 0 Å². The van der Waals surface area contributed by atoms with Gasteiger partial charge >= 0.3 is 17.1 Å². The summed E-state index contributed by atoms with van der Waals surface area (Å²) in [5, 5.41) is 4.08. The molecule has 0 atom stereocenters. The Hall–Kier alpha value is -0.801. The summed E-state index contributed by atoms with van der Waals surface area (Å²) in [5.41, 5.74) is 3.27. The summed E-state index contributed by atoms with van der Waals surface area (Å²) in [6.45, 7) is 2.01. The van der Waals surface area contributed by atoms with Crippen molar-refractivity contribution in [3.63, 3.8) is 0 Å². The van der Waals surface area contributed by atoms with E-state index in [1.54, 1.807) is 0 Å². The molecule has 0 bridgehead atoms.